The van der Waals surface area contributed by atoms with Gasteiger partial charge in [-0.15, -0.1) is 0 Å². The van der Waals surface area contributed by atoms with Gasteiger partial charge in [0.25, 0.3) is 0 Å². The molecule has 0 aliphatic carbocycles. The first-order valence-corrected chi connectivity index (χ1v) is 17.6. The second-order valence-corrected chi connectivity index (χ2v) is 13.2. The molecule has 4 aromatic rings. The first kappa shape index (κ1) is 37.8. The molecule has 1 aliphatic heterocycles. The van der Waals surface area contributed by atoms with E-state index in [4.69, 9.17) is 14.7 Å². The van der Waals surface area contributed by atoms with Crippen LogP contribution in [0.3, 0.4) is 0 Å². The van der Waals surface area contributed by atoms with Crippen LogP contribution in [-0.4, -0.2) is 57.9 Å². The molecule has 5 rings (SSSR count). The second kappa shape index (κ2) is 18.7. The van der Waals surface area contributed by atoms with Gasteiger partial charge in [0.1, 0.15) is 0 Å². The number of hydrogen-bond donors (Lipinski definition) is 5. The standard InChI is InChI=1S/C41H49N3O7/c1-28(40(48)33-10-4-3-5-11-33)44(2)26-36-24-37(32-17-15-29(27-45)16-18-32)51-41(50-36)34-21-19-31(20-22-34)35-12-8-9-30(23-35)25-42-38(46)13-6-7-14-39(47)43-49/h3-5,8-12,15-23,28,36-37,40-41,45,48-49H,6-7,13-14,24-27H2,1-2H3,(H,42,46)(H,43,47)/t28-,36+,37-,40-,41-/m0/s1. The zero-order chi connectivity index (χ0) is 36.2. The van der Waals surface area contributed by atoms with E-state index >= 15 is 0 Å². The molecule has 0 saturated carbocycles. The van der Waals surface area contributed by atoms with Crippen molar-refractivity contribution in [2.75, 3.05) is 13.6 Å². The maximum atomic E-state index is 12.3. The third-order valence-electron chi connectivity index (χ3n) is 9.52. The summed E-state index contributed by atoms with van der Waals surface area (Å²) in [7, 11) is 2.01. The summed E-state index contributed by atoms with van der Waals surface area (Å²) >= 11 is 0. The van der Waals surface area contributed by atoms with Gasteiger partial charge in [-0.3, -0.25) is 19.7 Å². The number of benzene rings is 4. The lowest BCUT2D eigenvalue weighted by molar-refractivity contribution is -0.253. The summed E-state index contributed by atoms with van der Waals surface area (Å²) in [5, 5.41) is 32.2. The summed E-state index contributed by atoms with van der Waals surface area (Å²) in [4.78, 5) is 25.6. The lowest BCUT2D eigenvalue weighted by Crippen LogP contribution is -2.43. The number of rotatable bonds is 16. The predicted molar refractivity (Wildman–Crippen MR) is 194 cm³/mol. The van der Waals surface area contributed by atoms with Gasteiger partial charge < -0.3 is 25.0 Å². The van der Waals surface area contributed by atoms with Crippen molar-refractivity contribution >= 4 is 11.8 Å². The molecule has 1 heterocycles. The van der Waals surface area contributed by atoms with Crippen molar-refractivity contribution in [2.24, 2.45) is 0 Å². The Bertz CT molecular complexity index is 1680. The summed E-state index contributed by atoms with van der Waals surface area (Å²) in [6.45, 7) is 2.99. The van der Waals surface area contributed by atoms with Crippen molar-refractivity contribution in [3.63, 3.8) is 0 Å². The van der Waals surface area contributed by atoms with Gasteiger partial charge in [-0.25, -0.2) is 5.48 Å². The van der Waals surface area contributed by atoms with E-state index in [-0.39, 0.29) is 37.2 Å². The lowest BCUT2D eigenvalue weighted by Gasteiger charge is -2.39. The summed E-state index contributed by atoms with van der Waals surface area (Å²) in [5.41, 5.74) is 8.22. The molecule has 10 heteroatoms. The number of unbranched alkanes of at least 4 members (excludes halogenated alkanes) is 1. The van der Waals surface area contributed by atoms with Crippen LogP contribution in [0.4, 0.5) is 0 Å². The van der Waals surface area contributed by atoms with Crippen molar-refractivity contribution in [1.82, 2.24) is 15.7 Å². The monoisotopic (exact) mass is 695 g/mol. The van der Waals surface area contributed by atoms with E-state index in [0.717, 1.165) is 38.9 Å². The van der Waals surface area contributed by atoms with E-state index in [9.17, 15) is 19.8 Å². The SMILES string of the molecule is C[C@@H]([C@H](O)c1ccccc1)N(C)C[C@H]1C[C@@H](c2ccc(CO)cc2)O[C@@H](c2ccc(-c3cccc(CNC(=O)CCCCC(=O)NO)c3)cc2)O1. The van der Waals surface area contributed by atoms with Crippen LogP contribution in [0.1, 0.15) is 85.3 Å². The maximum absolute atomic E-state index is 12.3. The fraction of sp³-hybridized carbons (Fsp3) is 0.366. The van der Waals surface area contributed by atoms with Crippen LogP contribution >= 0.6 is 0 Å². The number of hydroxylamine groups is 1. The number of amides is 2. The minimum absolute atomic E-state index is 0.0223. The summed E-state index contributed by atoms with van der Waals surface area (Å²) in [6, 6.07) is 33.5. The molecule has 1 saturated heterocycles. The Labute approximate surface area is 300 Å². The topological polar surface area (TPSA) is 141 Å². The smallest absolute Gasteiger partial charge is 0.243 e. The Kier molecular flexibility index (Phi) is 13.9. The van der Waals surface area contributed by atoms with Gasteiger partial charge in [0.2, 0.25) is 11.8 Å². The number of carbonyl (C=O) groups excluding carboxylic acids is 2. The molecule has 5 N–H and O–H groups in total. The number of hydrogen-bond acceptors (Lipinski definition) is 8. The Morgan fingerprint density at radius 2 is 1.51 bits per heavy atom. The van der Waals surface area contributed by atoms with E-state index in [2.05, 4.69) is 16.3 Å². The fourth-order valence-corrected chi connectivity index (χ4v) is 6.30. The maximum Gasteiger partial charge on any atom is 0.243 e. The summed E-state index contributed by atoms with van der Waals surface area (Å²) in [5.74, 6) is -0.539. The normalized spacial score (nSPS) is 18.6. The van der Waals surface area contributed by atoms with Crippen LogP contribution in [0.5, 0.6) is 0 Å². The minimum atomic E-state index is -0.644. The fourth-order valence-electron chi connectivity index (χ4n) is 6.30. The van der Waals surface area contributed by atoms with Gasteiger partial charge in [-0.2, -0.15) is 0 Å². The van der Waals surface area contributed by atoms with E-state index in [1.807, 2.05) is 111 Å². The molecule has 1 aliphatic rings. The predicted octanol–water partition coefficient (Wildman–Crippen LogP) is 6.13. The molecule has 4 aromatic carbocycles. The number of likely N-dealkylation sites (N-methyl/N-ethyl adjacent to an activating group) is 1. The Hall–Kier alpha value is -4.42. The van der Waals surface area contributed by atoms with Gasteiger partial charge >= 0.3 is 0 Å². The highest BCUT2D eigenvalue weighted by molar-refractivity contribution is 5.76. The van der Waals surface area contributed by atoms with Gasteiger partial charge in [-0.1, -0.05) is 97.1 Å². The highest BCUT2D eigenvalue weighted by Crippen LogP contribution is 2.39. The van der Waals surface area contributed by atoms with Crippen molar-refractivity contribution in [2.45, 2.75) is 82.8 Å². The molecular weight excluding hydrogens is 646 g/mol. The first-order valence-electron chi connectivity index (χ1n) is 17.6. The first-order chi connectivity index (χ1) is 24.7. The molecule has 0 spiro atoms. The molecule has 51 heavy (non-hydrogen) atoms. The number of aliphatic hydroxyl groups is 2. The summed E-state index contributed by atoms with van der Waals surface area (Å²) < 4.78 is 13.2. The molecule has 1 fully saturated rings. The van der Waals surface area contributed by atoms with Crippen molar-refractivity contribution in [3.8, 4) is 11.1 Å². The van der Waals surface area contributed by atoms with E-state index in [1.54, 1.807) is 5.48 Å². The molecule has 5 atom stereocenters. The zero-order valence-corrected chi connectivity index (χ0v) is 29.3. The van der Waals surface area contributed by atoms with Crippen LogP contribution < -0.4 is 10.8 Å². The molecule has 0 unspecified atom stereocenters. The number of nitrogens with zero attached hydrogens (tertiary/aromatic N) is 1. The van der Waals surface area contributed by atoms with Crippen LogP contribution in [0.2, 0.25) is 0 Å². The number of aliphatic hydroxyl groups excluding tert-OH is 2. The highest BCUT2D eigenvalue weighted by Gasteiger charge is 2.34. The van der Waals surface area contributed by atoms with Crippen LogP contribution in [0, 0.1) is 0 Å². The molecular formula is C41H49N3O7. The third kappa shape index (κ3) is 10.8. The summed E-state index contributed by atoms with van der Waals surface area (Å²) in [6.07, 6.45) is 0.561. The molecule has 0 radical (unpaired) electrons. The third-order valence-corrected chi connectivity index (χ3v) is 9.52. The Morgan fingerprint density at radius 3 is 2.20 bits per heavy atom. The minimum Gasteiger partial charge on any atom is -0.392 e. The molecule has 2 amide bonds. The second-order valence-electron chi connectivity index (χ2n) is 13.2. The average Bonchev–Trinajstić information content (AvgIpc) is 3.18. The van der Waals surface area contributed by atoms with Gasteiger partial charge in [0, 0.05) is 44.0 Å². The van der Waals surface area contributed by atoms with Crippen molar-refractivity contribution < 1.29 is 34.5 Å². The Balaban J connectivity index is 1.24. The molecule has 0 bridgehead atoms. The average molecular weight is 696 g/mol. The van der Waals surface area contributed by atoms with Gasteiger partial charge in [0.05, 0.1) is 24.9 Å². The number of ether oxygens (including phenoxy) is 2. The van der Waals surface area contributed by atoms with Gasteiger partial charge in [-0.05, 0) is 66.3 Å². The quantitative estimate of drug-likeness (QED) is 0.0536. The van der Waals surface area contributed by atoms with E-state index in [1.165, 1.54) is 0 Å². The zero-order valence-electron chi connectivity index (χ0n) is 29.3. The highest BCUT2D eigenvalue weighted by atomic mass is 16.7. The van der Waals surface area contributed by atoms with Crippen molar-refractivity contribution in [3.05, 3.63) is 131 Å². The molecule has 10 nitrogen and oxygen atoms in total. The van der Waals surface area contributed by atoms with Gasteiger partial charge in [0.15, 0.2) is 6.29 Å². The van der Waals surface area contributed by atoms with Crippen molar-refractivity contribution in [1.29, 1.82) is 0 Å². The number of carbonyl (C=O) groups is 2. The molecule has 270 valence electrons. The van der Waals surface area contributed by atoms with E-state index < -0.39 is 18.3 Å². The van der Waals surface area contributed by atoms with E-state index in [0.29, 0.717) is 38.8 Å². The van der Waals surface area contributed by atoms with Crippen LogP contribution in [-0.2, 0) is 32.2 Å². The molecule has 0 aromatic heterocycles. The number of nitrogens with one attached hydrogen (secondary N) is 2. The Morgan fingerprint density at radius 1 is 0.824 bits per heavy atom. The van der Waals surface area contributed by atoms with Crippen LogP contribution in [0.25, 0.3) is 11.1 Å². The van der Waals surface area contributed by atoms with Crippen LogP contribution in [0.15, 0.2) is 103 Å². The lowest BCUT2D eigenvalue weighted by atomic mass is 9.98. The largest absolute Gasteiger partial charge is 0.392 e.